The minimum Gasteiger partial charge on any atom is -0.294 e. The minimum absolute atomic E-state index is 1.00. The quantitative estimate of drug-likeness (QED) is 0.835. The van der Waals surface area contributed by atoms with Crippen LogP contribution >= 0.6 is 0 Å². The summed E-state index contributed by atoms with van der Waals surface area (Å²) in [5, 5.41) is 2.06. The van der Waals surface area contributed by atoms with Gasteiger partial charge in [0.1, 0.15) is 0 Å². The molecule has 0 aliphatic carbocycles. The fourth-order valence-corrected chi connectivity index (χ4v) is 2.03. The number of hydrazine groups is 1. The predicted molar refractivity (Wildman–Crippen MR) is 71.8 cm³/mol. The Morgan fingerprint density at radius 2 is 1.65 bits per heavy atom. The Hall–Kier alpha value is -2.22. The SMILES string of the molecule is C1=CN(Nc2ccccc2)c2ccccc2C1. The standard InChI is InChI=1S/C15H14N2/c1-2-9-14(10-3-1)16-17-12-6-8-13-7-4-5-11-15(13)17/h1-7,9-12,16H,8H2. The Kier molecular flexibility index (Phi) is 2.54. The van der Waals surface area contributed by atoms with Crippen LogP contribution in [0.4, 0.5) is 11.4 Å². The Morgan fingerprint density at radius 1 is 0.882 bits per heavy atom. The number of nitrogens with one attached hydrogen (secondary N) is 1. The van der Waals surface area contributed by atoms with Gasteiger partial charge in [-0.05, 0) is 30.2 Å². The number of nitrogens with zero attached hydrogens (tertiary/aromatic N) is 1. The van der Waals surface area contributed by atoms with E-state index in [1.54, 1.807) is 0 Å². The summed E-state index contributed by atoms with van der Waals surface area (Å²) in [6, 6.07) is 18.6. The fourth-order valence-electron chi connectivity index (χ4n) is 2.03. The molecule has 2 aromatic rings. The van der Waals surface area contributed by atoms with Gasteiger partial charge >= 0.3 is 0 Å². The average Bonchev–Trinajstić information content (AvgIpc) is 2.40. The van der Waals surface area contributed by atoms with Crippen molar-refractivity contribution < 1.29 is 0 Å². The van der Waals surface area contributed by atoms with E-state index in [-0.39, 0.29) is 0 Å². The first-order valence-corrected chi connectivity index (χ1v) is 5.79. The molecule has 0 bridgehead atoms. The van der Waals surface area contributed by atoms with Crippen molar-refractivity contribution in [1.29, 1.82) is 0 Å². The van der Waals surface area contributed by atoms with E-state index in [1.807, 2.05) is 18.2 Å². The molecule has 2 aromatic carbocycles. The van der Waals surface area contributed by atoms with Gasteiger partial charge in [-0.15, -0.1) is 0 Å². The Balaban J connectivity index is 1.89. The van der Waals surface area contributed by atoms with Crippen LogP contribution in [-0.2, 0) is 6.42 Å². The van der Waals surface area contributed by atoms with Gasteiger partial charge in [0.05, 0.1) is 11.4 Å². The molecule has 17 heavy (non-hydrogen) atoms. The summed E-state index contributed by atoms with van der Waals surface area (Å²) in [6.45, 7) is 0. The third-order valence-electron chi connectivity index (χ3n) is 2.87. The number of para-hydroxylation sites is 2. The number of hydrogen-bond acceptors (Lipinski definition) is 2. The van der Waals surface area contributed by atoms with Gasteiger partial charge in [0.15, 0.2) is 0 Å². The van der Waals surface area contributed by atoms with E-state index < -0.39 is 0 Å². The van der Waals surface area contributed by atoms with E-state index >= 15 is 0 Å². The molecule has 1 N–H and O–H groups in total. The van der Waals surface area contributed by atoms with Crippen molar-refractivity contribution in [2.24, 2.45) is 0 Å². The van der Waals surface area contributed by atoms with Gasteiger partial charge in [-0.3, -0.25) is 10.4 Å². The molecule has 0 spiro atoms. The number of benzene rings is 2. The molecule has 0 radical (unpaired) electrons. The van der Waals surface area contributed by atoms with E-state index in [1.165, 1.54) is 11.3 Å². The van der Waals surface area contributed by atoms with Crippen molar-refractivity contribution in [3.63, 3.8) is 0 Å². The number of fused-ring (bicyclic) bond motifs is 1. The summed E-state index contributed by atoms with van der Waals surface area (Å²) in [6.07, 6.45) is 5.25. The highest BCUT2D eigenvalue weighted by Gasteiger charge is 2.11. The van der Waals surface area contributed by atoms with Gasteiger partial charge in [0.2, 0.25) is 0 Å². The largest absolute Gasteiger partial charge is 0.294 e. The highest BCUT2D eigenvalue weighted by atomic mass is 15.5. The Morgan fingerprint density at radius 3 is 2.53 bits per heavy atom. The van der Waals surface area contributed by atoms with Crippen LogP contribution < -0.4 is 10.4 Å². The molecule has 1 heterocycles. The predicted octanol–water partition coefficient (Wildman–Crippen LogP) is 3.59. The molecule has 0 saturated heterocycles. The molecule has 2 nitrogen and oxygen atoms in total. The first-order chi connectivity index (χ1) is 8.43. The minimum atomic E-state index is 1.00. The molecule has 0 saturated carbocycles. The molecule has 0 unspecified atom stereocenters. The highest BCUT2D eigenvalue weighted by molar-refractivity contribution is 5.63. The normalized spacial score (nSPS) is 13.3. The summed E-state index contributed by atoms with van der Waals surface area (Å²) in [4.78, 5) is 0. The summed E-state index contributed by atoms with van der Waals surface area (Å²) in [7, 11) is 0. The third-order valence-corrected chi connectivity index (χ3v) is 2.87. The zero-order valence-corrected chi connectivity index (χ0v) is 9.51. The lowest BCUT2D eigenvalue weighted by molar-refractivity contribution is 1.07. The van der Waals surface area contributed by atoms with Crippen molar-refractivity contribution in [2.75, 3.05) is 10.4 Å². The highest BCUT2D eigenvalue weighted by Crippen LogP contribution is 2.25. The summed E-state index contributed by atoms with van der Waals surface area (Å²) in [5.74, 6) is 0. The molecular formula is C15H14N2. The molecule has 84 valence electrons. The van der Waals surface area contributed by atoms with E-state index in [2.05, 4.69) is 59.1 Å². The third kappa shape index (κ3) is 2.02. The van der Waals surface area contributed by atoms with Crippen molar-refractivity contribution in [1.82, 2.24) is 0 Å². The van der Waals surface area contributed by atoms with Gasteiger partial charge in [0.25, 0.3) is 0 Å². The molecule has 0 fully saturated rings. The molecule has 1 aliphatic rings. The van der Waals surface area contributed by atoms with Crippen LogP contribution in [0.5, 0.6) is 0 Å². The topological polar surface area (TPSA) is 15.3 Å². The summed E-state index contributed by atoms with van der Waals surface area (Å²) < 4.78 is 0. The Labute approximate surface area is 101 Å². The summed E-state index contributed by atoms with van der Waals surface area (Å²) >= 11 is 0. The maximum Gasteiger partial charge on any atom is 0.0658 e. The maximum absolute atomic E-state index is 3.38. The lowest BCUT2D eigenvalue weighted by atomic mass is 10.1. The van der Waals surface area contributed by atoms with Crippen molar-refractivity contribution in [2.45, 2.75) is 6.42 Å². The second-order valence-corrected chi connectivity index (χ2v) is 4.07. The molecular weight excluding hydrogens is 208 g/mol. The second kappa shape index (κ2) is 4.34. The van der Waals surface area contributed by atoms with Crippen molar-refractivity contribution in [3.8, 4) is 0 Å². The van der Waals surface area contributed by atoms with Gasteiger partial charge in [-0.25, -0.2) is 0 Å². The maximum atomic E-state index is 3.38. The average molecular weight is 222 g/mol. The molecule has 3 rings (SSSR count). The van der Waals surface area contributed by atoms with Crippen LogP contribution in [0, 0.1) is 0 Å². The van der Waals surface area contributed by atoms with Gasteiger partial charge in [-0.2, -0.15) is 0 Å². The smallest absolute Gasteiger partial charge is 0.0658 e. The van der Waals surface area contributed by atoms with E-state index in [9.17, 15) is 0 Å². The van der Waals surface area contributed by atoms with Gasteiger partial charge < -0.3 is 0 Å². The monoisotopic (exact) mass is 222 g/mol. The Bertz CT molecular complexity index is 532. The van der Waals surface area contributed by atoms with Crippen LogP contribution in [0.15, 0.2) is 66.9 Å². The van der Waals surface area contributed by atoms with Gasteiger partial charge in [0, 0.05) is 6.20 Å². The van der Waals surface area contributed by atoms with Crippen LogP contribution in [0.1, 0.15) is 5.56 Å². The molecule has 0 aromatic heterocycles. The number of allylic oxidation sites excluding steroid dienone is 1. The molecule has 0 amide bonds. The zero-order chi connectivity index (χ0) is 11.5. The fraction of sp³-hybridized carbons (Fsp3) is 0.0667. The van der Waals surface area contributed by atoms with E-state index in [4.69, 9.17) is 0 Å². The van der Waals surface area contributed by atoms with Crippen molar-refractivity contribution in [3.05, 3.63) is 72.4 Å². The molecule has 2 heteroatoms. The molecule has 1 aliphatic heterocycles. The van der Waals surface area contributed by atoms with Gasteiger partial charge in [-0.1, -0.05) is 42.5 Å². The van der Waals surface area contributed by atoms with Crippen molar-refractivity contribution >= 4 is 11.4 Å². The number of hydrogen-bond donors (Lipinski definition) is 1. The van der Waals surface area contributed by atoms with E-state index in [0.717, 1.165) is 12.1 Å². The number of anilines is 2. The van der Waals surface area contributed by atoms with Crippen LogP contribution in [0.3, 0.4) is 0 Å². The van der Waals surface area contributed by atoms with Crippen LogP contribution in [0.2, 0.25) is 0 Å². The lowest BCUT2D eigenvalue weighted by Gasteiger charge is -2.27. The summed E-state index contributed by atoms with van der Waals surface area (Å²) in [5.41, 5.74) is 7.04. The zero-order valence-electron chi connectivity index (χ0n) is 9.51. The lowest BCUT2D eigenvalue weighted by Crippen LogP contribution is -2.26. The van der Waals surface area contributed by atoms with E-state index in [0.29, 0.717) is 0 Å². The first-order valence-electron chi connectivity index (χ1n) is 5.79. The van der Waals surface area contributed by atoms with Crippen LogP contribution in [0.25, 0.3) is 0 Å². The molecule has 0 atom stereocenters. The van der Waals surface area contributed by atoms with Crippen LogP contribution in [-0.4, -0.2) is 0 Å². The first kappa shape index (κ1) is 9.97. The second-order valence-electron chi connectivity index (χ2n) is 4.07. The number of rotatable bonds is 2.